The lowest BCUT2D eigenvalue weighted by Gasteiger charge is -2.17. The third kappa shape index (κ3) is 4.17. The van der Waals surface area contributed by atoms with Crippen molar-refractivity contribution in [2.24, 2.45) is 9.63 Å². The van der Waals surface area contributed by atoms with Crippen LogP contribution in [-0.2, 0) is 4.79 Å². The fourth-order valence-corrected chi connectivity index (χ4v) is 2.59. The van der Waals surface area contributed by atoms with E-state index in [1.54, 1.807) is 6.08 Å². The van der Waals surface area contributed by atoms with Crippen LogP contribution in [0.15, 0.2) is 51.6 Å². The van der Waals surface area contributed by atoms with Gasteiger partial charge < -0.3 is 5.32 Å². The van der Waals surface area contributed by atoms with Gasteiger partial charge in [0.05, 0.1) is 6.04 Å². The van der Waals surface area contributed by atoms with Crippen LogP contribution in [0.2, 0.25) is 0 Å². The highest BCUT2D eigenvalue weighted by atomic mass is 32.2. The molecule has 1 aromatic rings. The van der Waals surface area contributed by atoms with Gasteiger partial charge >= 0.3 is 0 Å². The maximum absolute atomic E-state index is 12.2. The Bertz CT molecular complexity index is 591. The smallest absolute Gasteiger partial charge is 0.262 e. The molecule has 0 aliphatic carbocycles. The van der Waals surface area contributed by atoms with Crippen molar-refractivity contribution in [3.05, 3.63) is 47.5 Å². The second kappa shape index (κ2) is 7.60. The Balaban J connectivity index is 2.08. The van der Waals surface area contributed by atoms with Crippen LogP contribution in [0.4, 0.5) is 0 Å². The zero-order valence-electron chi connectivity index (χ0n) is 11.7. The Labute approximate surface area is 128 Å². The average Bonchev–Trinajstić information content (AvgIpc) is 3.04. The molecule has 0 aromatic heterocycles. The highest BCUT2D eigenvalue weighted by molar-refractivity contribution is 7.98. The fraction of sp³-hybridized carbons (Fsp3) is 0.333. The van der Waals surface area contributed by atoms with Gasteiger partial charge in [0.25, 0.3) is 5.91 Å². The topological polar surface area (TPSA) is 77.6 Å². The summed E-state index contributed by atoms with van der Waals surface area (Å²) >= 11 is 1.33. The van der Waals surface area contributed by atoms with Crippen LogP contribution >= 0.6 is 11.9 Å². The van der Waals surface area contributed by atoms with E-state index in [-0.39, 0.29) is 23.6 Å². The molecule has 1 aliphatic heterocycles. The molecule has 2 unspecified atom stereocenters. The molecule has 0 spiro atoms. The van der Waals surface area contributed by atoms with Gasteiger partial charge in [-0.05, 0) is 30.0 Å². The first-order valence-corrected chi connectivity index (χ1v) is 7.68. The number of carbonyl (C=O) groups excluding carboxylic acids is 1. The van der Waals surface area contributed by atoms with Gasteiger partial charge in [0.15, 0.2) is 0 Å². The number of hydrogen-bond acceptors (Lipinski definition) is 5. The van der Waals surface area contributed by atoms with E-state index in [4.69, 9.17) is 5.26 Å². The molecule has 1 heterocycles. The Hall–Kier alpha value is -2.13. The standard InChI is InChI=1S/C15H16N4OS/c1-2-14(11-6-4-3-5-7-11)17-15(20)12(9-16)8-13-10-21-19-18-13/h3-8,13-14H,2,10H2,1H3,(H,17,20)/b12-8+. The SMILES string of the molecule is CCC(NC(=O)/C(C#N)=C/C1CSN=N1)c1ccccc1. The minimum atomic E-state index is -0.361. The van der Waals surface area contributed by atoms with Gasteiger partial charge in [0.1, 0.15) is 17.7 Å². The highest BCUT2D eigenvalue weighted by Crippen LogP contribution is 2.20. The van der Waals surface area contributed by atoms with Crippen LogP contribution in [0.1, 0.15) is 24.9 Å². The molecule has 0 saturated heterocycles. The first kappa shape index (κ1) is 15.3. The largest absolute Gasteiger partial charge is 0.345 e. The molecule has 0 saturated carbocycles. The molecule has 5 nitrogen and oxygen atoms in total. The lowest BCUT2D eigenvalue weighted by atomic mass is 10.0. The summed E-state index contributed by atoms with van der Waals surface area (Å²) in [5, 5.41) is 16.0. The van der Waals surface area contributed by atoms with Crippen LogP contribution < -0.4 is 5.32 Å². The van der Waals surface area contributed by atoms with E-state index >= 15 is 0 Å². The van der Waals surface area contributed by atoms with Gasteiger partial charge in [0, 0.05) is 5.75 Å². The van der Waals surface area contributed by atoms with E-state index < -0.39 is 0 Å². The summed E-state index contributed by atoms with van der Waals surface area (Å²) in [7, 11) is 0. The second-order valence-electron chi connectivity index (χ2n) is 4.60. The molecule has 1 N–H and O–H groups in total. The summed E-state index contributed by atoms with van der Waals surface area (Å²) in [6, 6.07) is 11.4. The van der Waals surface area contributed by atoms with Crippen LogP contribution in [0.25, 0.3) is 0 Å². The van der Waals surface area contributed by atoms with Crippen LogP contribution in [0.5, 0.6) is 0 Å². The van der Waals surface area contributed by atoms with Crippen molar-refractivity contribution in [3.8, 4) is 6.07 Å². The van der Waals surface area contributed by atoms with E-state index in [0.29, 0.717) is 5.75 Å². The summed E-state index contributed by atoms with van der Waals surface area (Å²) in [6.45, 7) is 2.00. The molecule has 21 heavy (non-hydrogen) atoms. The van der Waals surface area contributed by atoms with Crippen LogP contribution in [-0.4, -0.2) is 17.7 Å². The Morgan fingerprint density at radius 1 is 1.57 bits per heavy atom. The molecular formula is C15H16N4OS. The van der Waals surface area contributed by atoms with Crippen molar-refractivity contribution in [1.29, 1.82) is 5.26 Å². The molecule has 6 heteroatoms. The lowest BCUT2D eigenvalue weighted by Crippen LogP contribution is -2.29. The van der Waals surface area contributed by atoms with Crippen molar-refractivity contribution in [1.82, 2.24) is 5.32 Å². The second-order valence-corrected chi connectivity index (χ2v) is 5.35. The fourth-order valence-electron chi connectivity index (χ4n) is 2.02. The Morgan fingerprint density at radius 2 is 2.33 bits per heavy atom. The van der Waals surface area contributed by atoms with E-state index in [1.165, 1.54) is 11.9 Å². The maximum Gasteiger partial charge on any atom is 0.262 e. The Morgan fingerprint density at radius 3 is 2.90 bits per heavy atom. The third-order valence-corrected chi connectivity index (χ3v) is 3.84. The van der Waals surface area contributed by atoms with Gasteiger partial charge in [-0.25, -0.2) is 0 Å². The minimum absolute atomic E-state index is 0.0934. The first-order valence-electron chi connectivity index (χ1n) is 6.74. The van der Waals surface area contributed by atoms with E-state index in [1.807, 2.05) is 43.3 Å². The molecule has 2 atom stereocenters. The molecule has 1 aliphatic rings. The summed E-state index contributed by atoms with van der Waals surface area (Å²) in [5.41, 5.74) is 1.12. The number of rotatable bonds is 5. The maximum atomic E-state index is 12.2. The number of hydrogen-bond donors (Lipinski definition) is 1. The van der Waals surface area contributed by atoms with Crippen LogP contribution in [0.3, 0.4) is 0 Å². The van der Waals surface area contributed by atoms with Gasteiger partial charge in [-0.3, -0.25) is 4.79 Å². The van der Waals surface area contributed by atoms with Crippen molar-refractivity contribution < 1.29 is 4.79 Å². The van der Waals surface area contributed by atoms with Crippen molar-refractivity contribution in [2.45, 2.75) is 25.4 Å². The summed E-state index contributed by atoms with van der Waals surface area (Å²) < 4.78 is 3.79. The lowest BCUT2D eigenvalue weighted by molar-refractivity contribution is -0.117. The van der Waals surface area contributed by atoms with Gasteiger partial charge in [-0.1, -0.05) is 37.3 Å². The van der Waals surface area contributed by atoms with Crippen molar-refractivity contribution >= 4 is 17.9 Å². The minimum Gasteiger partial charge on any atom is -0.345 e. The molecule has 2 rings (SSSR count). The van der Waals surface area contributed by atoms with Crippen LogP contribution in [0, 0.1) is 11.3 Å². The molecule has 1 amide bonds. The summed E-state index contributed by atoms with van der Waals surface area (Å²) in [6.07, 6.45) is 2.34. The van der Waals surface area contributed by atoms with Gasteiger partial charge in [-0.2, -0.15) is 10.4 Å². The predicted octanol–water partition coefficient (Wildman–Crippen LogP) is 3.19. The number of benzene rings is 1. The normalized spacial score (nSPS) is 19.0. The molecule has 1 aromatic carbocycles. The van der Waals surface area contributed by atoms with E-state index in [2.05, 4.69) is 15.0 Å². The number of nitrogens with zero attached hydrogens (tertiary/aromatic N) is 3. The van der Waals surface area contributed by atoms with Gasteiger partial charge in [-0.15, -0.1) is 4.52 Å². The zero-order chi connectivity index (χ0) is 15.1. The van der Waals surface area contributed by atoms with Crippen molar-refractivity contribution in [3.63, 3.8) is 0 Å². The van der Waals surface area contributed by atoms with Crippen molar-refractivity contribution in [2.75, 3.05) is 5.75 Å². The summed E-state index contributed by atoms with van der Waals surface area (Å²) in [5.74, 6) is 0.314. The monoisotopic (exact) mass is 300 g/mol. The zero-order valence-corrected chi connectivity index (χ0v) is 12.5. The molecule has 0 fully saturated rings. The number of amides is 1. The number of nitrogens with one attached hydrogen (secondary N) is 1. The third-order valence-electron chi connectivity index (χ3n) is 3.14. The molecule has 0 bridgehead atoms. The number of nitriles is 1. The molecule has 108 valence electrons. The predicted molar refractivity (Wildman–Crippen MR) is 82.4 cm³/mol. The van der Waals surface area contributed by atoms with E-state index in [9.17, 15) is 4.79 Å². The summed E-state index contributed by atoms with van der Waals surface area (Å²) in [4.78, 5) is 12.2. The highest BCUT2D eigenvalue weighted by Gasteiger charge is 2.18. The van der Waals surface area contributed by atoms with Gasteiger partial charge in [0.2, 0.25) is 0 Å². The molecule has 0 radical (unpaired) electrons. The molecular weight excluding hydrogens is 284 g/mol. The first-order chi connectivity index (χ1) is 10.2. The number of carbonyl (C=O) groups is 1. The Kier molecular flexibility index (Phi) is 5.52. The quantitative estimate of drug-likeness (QED) is 0.515. The average molecular weight is 300 g/mol. The van der Waals surface area contributed by atoms with E-state index in [0.717, 1.165) is 12.0 Å².